The summed E-state index contributed by atoms with van der Waals surface area (Å²) in [4.78, 5) is 11.0. The van der Waals surface area contributed by atoms with Gasteiger partial charge in [-0.1, -0.05) is 42.5 Å². The minimum atomic E-state index is 0.230. The molecule has 0 amide bonds. The van der Waals surface area contributed by atoms with E-state index in [4.69, 9.17) is 4.74 Å². The molecule has 0 N–H and O–H groups in total. The lowest BCUT2D eigenvalue weighted by molar-refractivity contribution is -0.116. The zero-order valence-electron chi connectivity index (χ0n) is 11.3. The summed E-state index contributed by atoms with van der Waals surface area (Å²) >= 11 is 0. The molecule has 0 unspecified atom stereocenters. The van der Waals surface area contributed by atoms with Crippen LogP contribution in [0.1, 0.15) is 18.9 Å². The van der Waals surface area contributed by atoms with Gasteiger partial charge in [0.15, 0.2) is 0 Å². The minimum Gasteiger partial charge on any atom is -0.496 e. The molecule has 19 heavy (non-hydrogen) atoms. The number of carbonyl (C=O) groups is 1. The number of rotatable bonds is 5. The van der Waals surface area contributed by atoms with E-state index >= 15 is 0 Å². The maximum absolute atomic E-state index is 11.0. The average Bonchev–Trinajstić information content (AvgIpc) is 2.45. The van der Waals surface area contributed by atoms with Crippen molar-refractivity contribution in [2.75, 3.05) is 7.11 Å². The molecule has 0 aromatic heterocycles. The second kappa shape index (κ2) is 6.19. The number of Topliss-reactive ketones (excluding diaryl/α,β-unsaturated/α-hetero) is 1. The third-order valence-corrected chi connectivity index (χ3v) is 3.14. The van der Waals surface area contributed by atoms with E-state index in [9.17, 15) is 4.79 Å². The van der Waals surface area contributed by atoms with E-state index < -0.39 is 0 Å². The number of methoxy groups -OCH3 is 1. The number of aryl methyl sites for hydroxylation is 1. The molecular weight excluding hydrogens is 236 g/mol. The predicted molar refractivity (Wildman–Crippen MR) is 77.4 cm³/mol. The topological polar surface area (TPSA) is 26.3 Å². The Kier molecular flexibility index (Phi) is 4.35. The minimum absolute atomic E-state index is 0.230. The van der Waals surface area contributed by atoms with Crippen molar-refractivity contribution in [3.63, 3.8) is 0 Å². The second-order valence-corrected chi connectivity index (χ2v) is 4.60. The van der Waals surface area contributed by atoms with Crippen LogP contribution in [0, 0.1) is 0 Å². The Morgan fingerprint density at radius 1 is 1.05 bits per heavy atom. The number of carbonyl (C=O) groups excluding carboxylic acids is 1. The summed E-state index contributed by atoms with van der Waals surface area (Å²) in [5.74, 6) is 1.10. The predicted octanol–water partition coefficient (Wildman–Crippen LogP) is 3.88. The normalized spacial score (nSPS) is 10.2. The van der Waals surface area contributed by atoms with E-state index in [2.05, 4.69) is 24.3 Å². The first-order chi connectivity index (χ1) is 9.20. The lowest BCUT2D eigenvalue weighted by Gasteiger charge is -2.09. The van der Waals surface area contributed by atoms with E-state index in [1.165, 1.54) is 5.56 Å². The molecule has 0 aliphatic rings. The highest BCUT2D eigenvalue weighted by atomic mass is 16.5. The molecule has 0 atom stereocenters. The van der Waals surface area contributed by atoms with Gasteiger partial charge in [-0.05, 0) is 30.5 Å². The molecule has 0 aliphatic heterocycles. The molecular formula is C17H18O2. The molecule has 0 aliphatic carbocycles. The van der Waals surface area contributed by atoms with Gasteiger partial charge in [-0.2, -0.15) is 0 Å². The zero-order chi connectivity index (χ0) is 13.7. The molecule has 98 valence electrons. The molecule has 0 spiro atoms. The van der Waals surface area contributed by atoms with Crippen LogP contribution in [0.3, 0.4) is 0 Å². The van der Waals surface area contributed by atoms with Crippen molar-refractivity contribution < 1.29 is 9.53 Å². The molecule has 2 heteroatoms. The zero-order valence-corrected chi connectivity index (χ0v) is 11.3. The fourth-order valence-electron chi connectivity index (χ4n) is 2.05. The van der Waals surface area contributed by atoms with Crippen LogP contribution in [0.2, 0.25) is 0 Å². The number of benzene rings is 2. The lowest BCUT2D eigenvalue weighted by atomic mass is 10.0. The van der Waals surface area contributed by atoms with Crippen LogP contribution >= 0.6 is 0 Å². The van der Waals surface area contributed by atoms with E-state index in [0.29, 0.717) is 6.42 Å². The SMILES string of the molecule is COc1ccccc1-c1ccc(CCC(C)=O)cc1. The van der Waals surface area contributed by atoms with Crippen LogP contribution < -0.4 is 4.74 Å². The second-order valence-electron chi connectivity index (χ2n) is 4.60. The van der Waals surface area contributed by atoms with Gasteiger partial charge in [-0.25, -0.2) is 0 Å². The van der Waals surface area contributed by atoms with Crippen LogP contribution in [0.15, 0.2) is 48.5 Å². The van der Waals surface area contributed by atoms with E-state index in [0.717, 1.165) is 23.3 Å². The molecule has 0 fully saturated rings. The van der Waals surface area contributed by atoms with Crippen molar-refractivity contribution >= 4 is 5.78 Å². The Morgan fingerprint density at radius 2 is 1.74 bits per heavy atom. The van der Waals surface area contributed by atoms with Crippen molar-refractivity contribution in [3.8, 4) is 16.9 Å². The van der Waals surface area contributed by atoms with E-state index in [-0.39, 0.29) is 5.78 Å². The van der Waals surface area contributed by atoms with Crippen molar-refractivity contribution in [3.05, 3.63) is 54.1 Å². The average molecular weight is 254 g/mol. The molecule has 2 nitrogen and oxygen atoms in total. The van der Waals surface area contributed by atoms with Crippen molar-refractivity contribution in [2.45, 2.75) is 19.8 Å². The Morgan fingerprint density at radius 3 is 2.37 bits per heavy atom. The van der Waals surface area contributed by atoms with Crippen LogP contribution in [-0.4, -0.2) is 12.9 Å². The van der Waals surface area contributed by atoms with Gasteiger partial charge in [0.05, 0.1) is 7.11 Å². The molecule has 0 radical (unpaired) electrons. The van der Waals surface area contributed by atoms with Crippen LogP contribution in [0.25, 0.3) is 11.1 Å². The van der Waals surface area contributed by atoms with Crippen LogP contribution in [-0.2, 0) is 11.2 Å². The van der Waals surface area contributed by atoms with Gasteiger partial charge in [0, 0.05) is 12.0 Å². The molecule has 2 aromatic rings. The van der Waals surface area contributed by atoms with E-state index in [1.54, 1.807) is 14.0 Å². The standard InChI is InChI=1S/C17H18O2/c1-13(18)7-8-14-9-11-15(12-10-14)16-5-3-4-6-17(16)19-2/h3-6,9-12H,7-8H2,1-2H3. The van der Waals surface area contributed by atoms with Crippen molar-refractivity contribution in [1.29, 1.82) is 0 Å². The molecule has 2 rings (SSSR count). The smallest absolute Gasteiger partial charge is 0.130 e. The summed E-state index contributed by atoms with van der Waals surface area (Å²) in [6.07, 6.45) is 1.41. The highest BCUT2D eigenvalue weighted by Gasteiger charge is 2.04. The molecule has 2 aromatic carbocycles. The monoisotopic (exact) mass is 254 g/mol. The highest BCUT2D eigenvalue weighted by Crippen LogP contribution is 2.29. The van der Waals surface area contributed by atoms with Gasteiger partial charge in [-0.15, -0.1) is 0 Å². The van der Waals surface area contributed by atoms with Gasteiger partial charge >= 0.3 is 0 Å². The summed E-state index contributed by atoms with van der Waals surface area (Å²) in [5.41, 5.74) is 3.40. The first-order valence-corrected chi connectivity index (χ1v) is 6.42. The Labute approximate surface area is 114 Å². The fraction of sp³-hybridized carbons (Fsp3) is 0.235. The van der Waals surface area contributed by atoms with Crippen LogP contribution in [0.4, 0.5) is 0 Å². The Balaban J connectivity index is 2.20. The van der Waals surface area contributed by atoms with Gasteiger partial charge in [0.25, 0.3) is 0 Å². The number of para-hydroxylation sites is 1. The molecule has 0 saturated heterocycles. The third kappa shape index (κ3) is 3.44. The molecule has 0 saturated carbocycles. The van der Waals surface area contributed by atoms with Crippen molar-refractivity contribution in [2.24, 2.45) is 0 Å². The molecule has 0 heterocycles. The number of ether oxygens (including phenoxy) is 1. The van der Waals surface area contributed by atoms with Gasteiger partial charge in [-0.3, -0.25) is 0 Å². The fourth-order valence-corrected chi connectivity index (χ4v) is 2.05. The maximum Gasteiger partial charge on any atom is 0.130 e. The van der Waals surface area contributed by atoms with Gasteiger partial charge < -0.3 is 9.53 Å². The highest BCUT2D eigenvalue weighted by molar-refractivity contribution is 5.75. The van der Waals surface area contributed by atoms with Gasteiger partial charge in [0.1, 0.15) is 11.5 Å². The van der Waals surface area contributed by atoms with Crippen molar-refractivity contribution in [1.82, 2.24) is 0 Å². The molecule has 0 bridgehead atoms. The Bertz CT molecular complexity index is 556. The van der Waals surface area contributed by atoms with Crippen LogP contribution in [0.5, 0.6) is 5.75 Å². The number of hydrogen-bond donors (Lipinski definition) is 0. The summed E-state index contributed by atoms with van der Waals surface area (Å²) < 4.78 is 5.36. The third-order valence-electron chi connectivity index (χ3n) is 3.14. The summed E-state index contributed by atoms with van der Waals surface area (Å²) in [6, 6.07) is 16.3. The summed E-state index contributed by atoms with van der Waals surface area (Å²) in [6.45, 7) is 1.63. The maximum atomic E-state index is 11.0. The summed E-state index contributed by atoms with van der Waals surface area (Å²) in [5, 5.41) is 0. The Hall–Kier alpha value is -2.09. The lowest BCUT2D eigenvalue weighted by Crippen LogP contribution is -1.94. The first kappa shape index (κ1) is 13.3. The number of hydrogen-bond acceptors (Lipinski definition) is 2. The quantitative estimate of drug-likeness (QED) is 0.809. The summed E-state index contributed by atoms with van der Waals surface area (Å²) in [7, 11) is 1.68. The largest absolute Gasteiger partial charge is 0.496 e. The van der Waals surface area contributed by atoms with Gasteiger partial charge in [0.2, 0.25) is 0 Å². The first-order valence-electron chi connectivity index (χ1n) is 6.42. The number of ketones is 1. The van der Waals surface area contributed by atoms with E-state index in [1.807, 2.05) is 24.3 Å².